The Bertz CT molecular complexity index is 482. The molecule has 0 aliphatic heterocycles. The average molecular weight is 292 g/mol. The van der Waals surface area contributed by atoms with E-state index in [2.05, 4.69) is 38.4 Å². The van der Waals surface area contributed by atoms with Gasteiger partial charge in [0, 0.05) is 23.8 Å². The van der Waals surface area contributed by atoms with Crippen molar-refractivity contribution >= 4 is 21.7 Å². The van der Waals surface area contributed by atoms with Crippen LogP contribution in [0, 0.1) is 0 Å². The van der Waals surface area contributed by atoms with Crippen LogP contribution in [-0.2, 0) is 13.1 Å². The molecule has 0 amide bonds. The number of pyridine rings is 1. The number of rotatable bonds is 4. The molecule has 2 aromatic rings. The van der Waals surface area contributed by atoms with Gasteiger partial charge >= 0.3 is 0 Å². The molecule has 4 heteroatoms. The summed E-state index contributed by atoms with van der Waals surface area (Å²) in [5, 5.41) is 3.27. The van der Waals surface area contributed by atoms with E-state index in [1.165, 1.54) is 5.56 Å². The summed E-state index contributed by atoms with van der Waals surface area (Å²) < 4.78 is 0.980. The zero-order valence-electron chi connectivity index (χ0n) is 9.36. The highest BCUT2D eigenvalue weighted by Gasteiger charge is 1.96. The van der Waals surface area contributed by atoms with Crippen LogP contribution in [0.1, 0.15) is 11.1 Å². The van der Waals surface area contributed by atoms with Crippen molar-refractivity contribution in [2.24, 2.45) is 5.73 Å². The van der Waals surface area contributed by atoms with Gasteiger partial charge in [0.25, 0.3) is 0 Å². The molecular formula is C13H14BrN3. The van der Waals surface area contributed by atoms with Gasteiger partial charge < -0.3 is 11.1 Å². The summed E-state index contributed by atoms with van der Waals surface area (Å²) >= 11 is 3.36. The predicted octanol–water partition coefficient (Wildman–Crippen LogP) is 2.91. The van der Waals surface area contributed by atoms with E-state index in [0.717, 1.165) is 22.4 Å². The fourth-order valence-corrected chi connectivity index (χ4v) is 1.77. The third-order valence-corrected chi connectivity index (χ3v) is 2.90. The Hall–Kier alpha value is -1.39. The van der Waals surface area contributed by atoms with E-state index in [4.69, 9.17) is 5.73 Å². The second kappa shape index (κ2) is 5.80. The third kappa shape index (κ3) is 3.54. The molecule has 3 N–H and O–H groups in total. The molecule has 0 saturated carbocycles. The Morgan fingerprint density at radius 1 is 1.18 bits per heavy atom. The van der Waals surface area contributed by atoms with Crippen molar-refractivity contribution in [2.45, 2.75) is 13.1 Å². The average Bonchev–Trinajstić information content (AvgIpc) is 2.38. The van der Waals surface area contributed by atoms with Crippen molar-refractivity contribution in [3.8, 4) is 0 Å². The second-order valence-corrected chi connectivity index (χ2v) is 4.65. The van der Waals surface area contributed by atoms with Crippen molar-refractivity contribution in [3.05, 3.63) is 58.2 Å². The quantitative estimate of drug-likeness (QED) is 0.911. The summed E-state index contributed by atoms with van der Waals surface area (Å²) in [5.74, 6) is 0.867. The van der Waals surface area contributed by atoms with Gasteiger partial charge in [0.15, 0.2) is 0 Å². The largest absolute Gasteiger partial charge is 0.366 e. The van der Waals surface area contributed by atoms with E-state index in [-0.39, 0.29) is 0 Å². The SMILES string of the molecule is NCc1cccc(CNc2ccc(Br)cn2)c1. The lowest BCUT2D eigenvalue weighted by molar-refractivity contribution is 1.04. The molecule has 1 aromatic heterocycles. The summed E-state index contributed by atoms with van der Waals surface area (Å²) in [6.07, 6.45) is 1.78. The minimum Gasteiger partial charge on any atom is -0.366 e. The number of nitrogens with zero attached hydrogens (tertiary/aromatic N) is 1. The lowest BCUT2D eigenvalue weighted by Gasteiger charge is -2.06. The predicted molar refractivity (Wildman–Crippen MR) is 73.6 cm³/mol. The molecule has 0 spiro atoms. The van der Waals surface area contributed by atoms with Crippen molar-refractivity contribution < 1.29 is 0 Å². The molecule has 17 heavy (non-hydrogen) atoms. The number of nitrogens with one attached hydrogen (secondary N) is 1. The fraction of sp³-hybridized carbons (Fsp3) is 0.154. The van der Waals surface area contributed by atoms with Crippen LogP contribution in [0.25, 0.3) is 0 Å². The number of aromatic nitrogens is 1. The zero-order valence-corrected chi connectivity index (χ0v) is 10.9. The molecule has 0 atom stereocenters. The molecular weight excluding hydrogens is 278 g/mol. The summed E-state index contributed by atoms with van der Waals surface area (Å²) in [5.41, 5.74) is 7.96. The Labute approximate surface area is 109 Å². The van der Waals surface area contributed by atoms with Crippen molar-refractivity contribution in [1.82, 2.24) is 4.98 Å². The van der Waals surface area contributed by atoms with Gasteiger partial charge in [0.05, 0.1) is 0 Å². The molecule has 0 aliphatic carbocycles. The van der Waals surface area contributed by atoms with Gasteiger partial charge in [-0.1, -0.05) is 24.3 Å². The Kier molecular flexibility index (Phi) is 4.12. The summed E-state index contributed by atoms with van der Waals surface area (Å²) in [6, 6.07) is 12.1. The van der Waals surface area contributed by atoms with Crippen LogP contribution in [0.2, 0.25) is 0 Å². The lowest BCUT2D eigenvalue weighted by atomic mass is 10.1. The van der Waals surface area contributed by atoms with Crippen molar-refractivity contribution in [3.63, 3.8) is 0 Å². The van der Waals surface area contributed by atoms with Crippen LogP contribution in [0.15, 0.2) is 47.1 Å². The maximum absolute atomic E-state index is 5.60. The number of nitrogens with two attached hydrogens (primary N) is 1. The maximum atomic E-state index is 5.60. The highest BCUT2D eigenvalue weighted by molar-refractivity contribution is 9.10. The molecule has 0 bridgehead atoms. The molecule has 0 unspecified atom stereocenters. The summed E-state index contributed by atoms with van der Waals surface area (Å²) in [6.45, 7) is 1.33. The van der Waals surface area contributed by atoms with E-state index in [0.29, 0.717) is 6.54 Å². The van der Waals surface area contributed by atoms with Gasteiger partial charge in [0.1, 0.15) is 5.82 Å². The summed E-state index contributed by atoms with van der Waals surface area (Å²) in [7, 11) is 0. The molecule has 0 aliphatic rings. The minimum absolute atomic E-state index is 0.574. The van der Waals surface area contributed by atoms with Gasteiger partial charge in [-0.05, 0) is 39.2 Å². The van der Waals surface area contributed by atoms with Crippen LogP contribution in [0.5, 0.6) is 0 Å². The minimum atomic E-state index is 0.574. The fourth-order valence-electron chi connectivity index (χ4n) is 1.54. The number of halogens is 1. The molecule has 2 rings (SSSR count). The van der Waals surface area contributed by atoms with Gasteiger partial charge in [0.2, 0.25) is 0 Å². The van der Waals surface area contributed by atoms with Crippen LogP contribution in [-0.4, -0.2) is 4.98 Å². The van der Waals surface area contributed by atoms with Crippen LogP contribution < -0.4 is 11.1 Å². The molecule has 0 fully saturated rings. The van der Waals surface area contributed by atoms with E-state index >= 15 is 0 Å². The van der Waals surface area contributed by atoms with E-state index in [1.54, 1.807) is 6.20 Å². The molecule has 3 nitrogen and oxygen atoms in total. The van der Waals surface area contributed by atoms with E-state index in [1.807, 2.05) is 24.3 Å². The van der Waals surface area contributed by atoms with Crippen molar-refractivity contribution in [1.29, 1.82) is 0 Å². The normalized spacial score (nSPS) is 10.2. The molecule has 88 valence electrons. The van der Waals surface area contributed by atoms with Gasteiger partial charge in [-0.2, -0.15) is 0 Å². The maximum Gasteiger partial charge on any atom is 0.126 e. The van der Waals surface area contributed by atoms with Crippen LogP contribution in [0.3, 0.4) is 0 Å². The van der Waals surface area contributed by atoms with Crippen LogP contribution in [0.4, 0.5) is 5.82 Å². The first-order valence-electron chi connectivity index (χ1n) is 5.41. The Morgan fingerprint density at radius 3 is 2.71 bits per heavy atom. The van der Waals surface area contributed by atoms with E-state index in [9.17, 15) is 0 Å². The first-order valence-corrected chi connectivity index (χ1v) is 6.20. The van der Waals surface area contributed by atoms with Crippen LogP contribution >= 0.6 is 15.9 Å². The topological polar surface area (TPSA) is 50.9 Å². The highest BCUT2D eigenvalue weighted by atomic mass is 79.9. The molecule has 1 heterocycles. The first kappa shape index (κ1) is 12.1. The zero-order chi connectivity index (χ0) is 12.1. The van der Waals surface area contributed by atoms with Crippen molar-refractivity contribution in [2.75, 3.05) is 5.32 Å². The lowest BCUT2D eigenvalue weighted by Crippen LogP contribution is -2.02. The molecule has 0 radical (unpaired) electrons. The van der Waals surface area contributed by atoms with Gasteiger partial charge in [-0.15, -0.1) is 0 Å². The summed E-state index contributed by atoms with van der Waals surface area (Å²) in [4.78, 5) is 4.25. The second-order valence-electron chi connectivity index (χ2n) is 3.74. The smallest absolute Gasteiger partial charge is 0.126 e. The number of anilines is 1. The number of benzene rings is 1. The third-order valence-electron chi connectivity index (χ3n) is 2.43. The highest BCUT2D eigenvalue weighted by Crippen LogP contribution is 2.12. The molecule has 1 aromatic carbocycles. The molecule has 0 saturated heterocycles. The first-order chi connectivity index (χ1) is 8.28. The Morgan fingerprint density at radius 2 is 2.00 bits per heavy atom. The Balaban J connectivity index is 1.99. The van der Waals surface area contributed by atoms with Gasteiger partial charge in [-0.3, -0.25) is 0 Å². The standard InChI is InChI=1S/C13H14BrN3/c14-12-4-5-13(17-9-12)16-8-11-3-1-2-10(6-11)7-15/h1-6,9H,7-8,15H2,(H,16,17). The van der Waals surface area contributed by atoms with Gasteiger partial charge in [-0.25, -0.2) is 4.98 Å². The monoisotopic (exact) mass is 291 g/mol. The number of hydrogen-bond donors (Lipinski definition) is 2. The van der Waals surface area contributed by atoms with E-state index < -0.39 is 0 Å². The number of hydrogen-bond acceptors (Lipinski definition) is 3.